The lowest BCUT2D eigenvalue weighted by molar-refractivity contribution is -0.145. The maximum absolute atomic E-state index is 14.5. The molecule has 5 fully saturated rings. The topological polar surface area (TPSA) is 174 Å². The largest absolute Gasteiger partial charge is 0.347 e. The zero-order valence-corrected chi connectivity index (χ0v) is 31.9. The van der Waals surface area contributed by atoms with E-state index in [1.807, 2.05) is 34.6 Å². The van der Waals surface area contributed by atoms with Gasteiger partial charge in [-0.2, -0.15) is 0 Å². The van der Waals surface area contributed by atoms with Crippen LogP contribution in [0.15, 0.2) is 0 Å². The number of fused-ring (bicyclic) bond motifs is 1. The molecule has 4 N–H and O–H groups in total. The second-order valence-corrected chi connectivity index (χ2v) is 19.2. The van der Waals surface area contributed by atoms with E-state index in [-0.39, 0.29) is 23.3 Å². The number of hydrogen-bond donors (Lipinski definition) is 4. The molecule has 5 amide bonds. The van der Waals surface area contributed by atoms with Crippen LogP contribution in [-0.4, -0.2) is 102 Å². The van der Waals surface area contributed by atoms with Gasteiger partial charge in [-0.15, -0.1) is 0 Å². The number of ketones is 1. The Labute approximate surface area is 298 Å². The lowest BCUT2D eigenvalue weighted by atomic mass is 9.78. The molecule has 5 rings (SSSR count). The van der Waals surface area contributed by atoms with Gasteiger partial charge < -0.3 is 26.2 Å². The molecule has 1 unspecified atom stereocenters. The number of nitrogens with zero attached hydrogens (tertiary/aromatic N) is 2. The molecule has 0 aromatic carbocycles. The summed E-state index contributed by atoms with van der Waals surface area (Å²) in [7, 11) is -3.61. The molecule has 50 heavy (non-hydrogen) atoms. The molecule has 2 heterocycles. The quantitative estimate of drug-likeness (QED) is 0.212. The summed E-state index contributed by atoms with van der Waals surface area (Å²) < 4.78 is 28.6. The number of sulfonamides is 1. The summed E-state index contributed by atoms with van der Waals surface area (Å²) in [6.45, 7) is 14.6. The highest BCUT2D eigenvalue weighted by Crippen LogP contribution is 2.65. The molecule has 3 saturated carbocycles. The van der Waals surface area contributed by atoms with Crippen LogP contribution >= 0.6 is 0 Å². The summed E-state index contributed by atoms with van der Waals surface area (Å²) in [4.78, 5) is 70.0. The van der Waals surface area contributed by atoms with Crippen LogP contribution in [0.1, 0.15) is 119 Å². The highest BCUT2D eigenvalue weighted by Gasteiger charge is 2.70. The van der Waals surface area contributed by atoms with Crippen molar-refractivity contribution in [1.29, 1.82) is 0 Å². The third-order valence-electron chi connectivity index (χ3n) is 12.2. The highest BCUT2D eigenvalue weighted by atomic mass is 32.2. The lowest BCUT2D eigenvalue weighted by Crippen LogP contribution is -2.65. The second kappa shape index (κ2) is 14.4. The van der Waals surface area contributed by atoms with Crippen molar-refractivity contribution in [2.45, 2.75) is 154 Å². The Kier molecular flexibility index (Phi) is 11.0. The van der Waals surface area contributed by atoms with Crippen molar-refractivity contribution in [3.63, 3.8) is 0 Å². The van der Waals surface area contributed by atoms with Crippen molar-refractivity contribution in [3.8, 4) is 0 Å². The number of carbonyl (C=O) groups excluding carboxylic acids is 5. The fourth-order valence-electron chi connectivity index (χ4n) is 8.92. The van der Waals surface area contributed by atoms with E-state index in [1.54, 1.807) is 4.90 Å². The van der Waals surface area contributed by atoms with Crippen molar-refractivity contribution in [1.82, 2.24) is 30.5 Å². The first kappa shape index (κ1) is 38.5. The SMILES string of the molecule is CCCC[C@H](NC(=O)[C@@H]1[C@@H]2[C@H](CN1C(=O)[C@@H](NC(=O)NC1(C3CCN(CC)S3(=O)=O)CCCCC1)C(C)(C)C)C2(C)C)C(=O)C(=O)NC1CC1. The van der Waals surface area contributed by atoms with E-state index < -0.39 is 73.9 Å². The van der Waals surface area contributed by atoms with Gasteiger partial charge in [0.25, 0.3) is 5.91 Å². The Morgan fingerprint density at radius 1 is 0.940 bits per heavy atom. The average molecular weight is 721 g/mol. The lowest BCUT2D eigenvalue weighted by Gasteiger charge is -2.43. The molecule has 0 aromatic heterocycles. The normalized spacial score (nSPS) is 29.3. The van der Waals surface area contributed by atoms with E-state index in [4.69, 9.17) is 0 Å². The van der Waals surface area contributed by atoms with Gasteiger partial charge in [-0.1, -0.05) is 80.6 Å². The maximum atomic E-state index is 14.5. The summed E-state index contributed by atoms with van der Waals surface area (Å²) in [6.07, 6.45) is 7.49. The molecule has 2 aliphatic heterocycles. The summed E-state index contributed by atoms with van der Waals surface area (Å²) in [5.74, 6) is -2.29. The number of hydrogen-bond acceptors (Lipinski definition) is 7. The zero-order valence-electron chi connectivity index (χ0n) is 31.1. The molecule has 2 saturated heterocycles. The monoisotopic (exact) mass is 720 g/mol. The summed E-state index contributed by atoms with van der Waals surface area (Å²) >= 11 is 0. The Morgan fingerprint density at radius 3 is 2.16 bits per heavy atom. The summed E-state index contributed by atoms with van der Waals surface area (Å²) in [6, 6.07) is -3.47. The van der Waals surface area contributed by atoms with Gasteiger partial charge in [-0.05, 0) is 61.2 Å². The predicted molar refractivity (Wildman–Crippen MR) is 189 cm³/mol. The van der Waals surface area contributed by atoms with Crippen LogP contribution in [0.4, 0.5) is 4.79 Å². The Morgan fingerprint density at radius 2 is 1.60 bits per heavy atom. The summed E-state index contributed by atoms with van der Waals surface area (Å²) in [5, 5.41) is 10.9. The van der Waals surface area contributed by atoms with Crippen LogP contribution in [-0.2, 0) is 29.2 Å². The van der Waals surface area contributed by atoms with E-state index in [0.717, 1.165) is 38.5 Å². The Bertz CT molecular complexity index is 1450. The van der Waals surface area contributed by atoms with Gasteiger partial charge in [-0.25, -0.2) is 17.5 Å². The molecule has 14 heteroatoms. The minimum absolute atomic E-state index is 0.00516. The van der Waals surface area contributed by atoms with Gasteiger partial charge >= 0.3 is 6.03 Å². The number of amides is 5. The minimum Gasteiger partial charge on any atom is -0.347 e. The van der Waals surface area contributed by atoms with Crippen molar-refractivity contribution in [3.05, 3.63) is 0 Å². The van der Waals surface area contributed by atoms with Crippen molar-refractivity contribution >= 4 is 39.6 Å². The first-order chi connectivity index (χ1) is 23.4. The number of urea groups is 1. The first-order valence-corrected chi connectivity index (χ1v) is 20.4. The molecule has 0 spiro atoms. The number of nitrogens with one attached hydrogen (secondary N) is 4. The third kappa shape index (κ3) is 7.56. The number of rotatable bonds is 13. The smallest absolute Gasteiger partial charge is 0.315 e. The van der Waals surface area contributed by atoms with Crippen molar-refractivity contribution in [2.24, 2.45) is 22.7 Å². The number of piperidine rings is 1. The average Bonchev–Trinajstić information content (AvgIpc) is 3.84. The molecular formula is C36H60N6O7S. The van der Waals surface area contributed by atoms with Gasteiger partial charge in [0.2, 0.25) is 27.6 Å². The van der Waals surface area contributed by atoms with Crippen LogP contribution in [0.2, 0.25) is 0 Å². The molecule has 6 atom stereocenters. The fourth-order valence-corrected chi connectivity index (χ4v) is 11.3. The van der Waals surface area contributed by atoms with Crippen molar-refractivity contribution < 1.29 is 32.4 Å². The van der Waals surface area contributed by atoms with Crippen LogP contribution in [0, 0.1) is 22.7 Å². The van der Waals surface area contributed by atoms with Gasteiger partial charge in [0.05, 0.1) is 16.8 Å². The number of unbranched alkanes of at least 4 members (excludes halogenated alkanes) is 1. The molecule has 5 aliphatic rings. The molecule has 282 valence electrons. The first-order valence-electron chi connectivity index (χ1n) is 18.9. The molecule has 3 aliphatic carbocycles. The van der Waals surface area contributed by atoms with Crippen LogP contribution < -0.4 is 21.3 Å². The number of carbonyl (C=O) groups is 5. The fraction of sp³-hybridized carbons (Fsp3) is 0.861. The van der Waals surface area contributed by atoms with Crippen LogP contribution in [0.25, 0.3) is 0 Å². The maximum Gasteiger partial charge on any atom is 0.315 e. The summed E-state index contributed by atoms with van der Waals surface area (Å²) in [5.41, 5.74) is -1.89. The Hall–Kier alpha value is -2.74. The van der Waals surface area contributed by atoms with Gasteiger partial charge in [-0.3, -0.25) is 19.2 Å². The standard InChI is InChI=1S/C36H60N6O7S/c1-8-10-14-24(28(43)31(45)37-22-15-16-22)38-30(44)27-26-23(35(26,6)7)21-42(27)32(46)29(34(3,4)5)39-33(47)40-36(18-12-11-13-19-36)25-17-20-41(9-2)50(25,48)49/h22-27,29H,8-21H2,1-7H3,(H,37,45)(H,38,44)(H2,39,40,47)/t23-,24-,25?,26-,27-,29+/m0/s1. The highest BCUT2D eigenvalue weighted by molar-refractivity contribution is 7.90. The van der Waals surface area contributed by atoms with Gasteiger partial charge in [0, 0.05) is 25.7 Å². The molecule has 0 aromatic rings. The van der Waals surface area contributed by atoms with Crippen molar-refractivity contribution in [2.75, 3.05) is 19.6 Å². The number of likely N-dealkylation sites (tertiary alicyclic amines) is 1. The predicted octanol–water partition coefficient (Wildman–Crippen LogP) is 2.83. The second-order valence-electron chi connectivity index (χ2n) is 17.1. The molecule has 0 radical (unpaired) electrons. The minimum atomic E-state index is -3.61. The zero-order chi connectivity index (χ0) is 36.8. The molecule has 0 bridgehead atoms. The third-order valence-corrected chi connectivity index (χ3v) is 14.8. The van der Waals surface area contributed by atoms with E-state index in [9.17, 15) is 32.4 Å². The number of Topliss-reactive ketones (excluding diaryl/α,β-unsaturated/α-hetero) is 1. The molecular weight excluding hydrogens is 660 g/mol. The molecule has 13 nitrogen and oxygen atoms in total. The van der Waals surface area contributed by atoms with Crippen LogP contribution in [0.5, 0.6) is 0 Å². The van der Waals surface area contributed by atoms with E-state index in [0.29, 0.717) is 51.7 Å². The van der Waals surface area contributed by atoms with E-state index in [2.05, 4.69) is 35.1 Å². The van der Waals surface area contributed by atoms with Gasteiger partial charge in [0.15, 0.2) is 0 Å². The van der Waals surface area contributed by atoms with E-state index in [1.165, 1.54) is 4.31 Å². The van der Waals surface area contributed by atoms with E-state index >= 15 is 0 Å². The van der Waals surface area contributed by atoms with Gasteiger partial charge in [0.1, 0.15) is 12.1 Å². The van der Waals surface area contributed by atoms with Crippen LogP contribution in [0.3, 0.4) is 0 Å². The Balaban J connectivity index is 1.35.